The predicted molar refractivity (Wildman–Crippen MR) is 118 cm³/mol. The maximum absolute atomic E-state index is 12.6. The van der Waals surface area contributed by atoms with E-state index in [4.69, 9.17) is 4.74 Å². The summed E-state index contributed by atoms with van der Waals surface area (Å²) in [6.45, 7) is 6.35. The van der Waals surface area contributed by atoms with Crippen LogP contribution < -0.4 is 15.5 Å². The van der Waals surface area contributed by atoms with Gasteiger partial charge in [-0.2, -0.15) is 5.26 Å². The van der Waals surface area contributed by atoms with Crippen LogP contribution in [0.1, 0.15) is 18.2 Å². The average Bonchev–Trinajstić information content (AvgIpc) is 3.14. The number of rotatable bonds is 4. The molecule has 2 N–H and O–H groups in total. The number of morpholine rings is 1. The molecule has 1 aromatic heterocycles. The fourth-order valence-electron chi connectivity index (χ4n) is 3.76. The molecule has 1 atom stereocenters. The number of nitrogens with one attached hydrogen (secondary N) is 2. The van der Waals surface area contributed by atoms with E-state index < -0.39 is 6.10 Å². The first-order valence-corrected chi connectivity index (χ1v) is 10.2. The van der Waals surface area contributed by atoms with Gasteiger partial charge in [0, 0.05) is 25.8 Å². The summed E-state index contributed by atoms with van der Waals surface area (Å²) in [5, 5.41) is 16.1. The second kappa shape index (κ2) is 8.71. The Hall–Kier alpha value is -3.48. The molecule has 9 nitrogen and oxygen atoms in total. The van der Waals surface area contributed by atoms with Gasteiger partial charge in [-0.15, -0.1) is 0 Å². The Morgan fingerprint density at radius 1 is 1.42 bits per heavy atom. The maximum Gasteiger partial charge on any atom is 0.257 e. The topological polar surface area (TPSA) is 106 Å². The monoisotopic (exact) mass is 419 g/mol. The number of carbonyl (C=O) groups is 1. The molecule has 3 heterocycles. The van der Waals surface area contributed by atoms with Crippen LogP contribution in [0.15, 0.2) is 36.3 Å². The highest BCUT2D eigenvalue weighted by atomic mass is 16.5. The third kappa shape index (κ3) is 4.08. The molecule has 160 valence electrons. The van der Waals surface area contributed by atoms with Gasteiger partial charge in [0.25, 0.3) is 5.91 Å². The van der Waals surface area contributed by atoms with Gasteiger partial charge in [0.15, 0.2) is 0 Å². The van der Waals surface area contributed by atoms with E-state index in [9.17, 15) is 10.1 Å². The molecule has 4 rings (SSSR count). The van der Waals surface area contributed by atoms with Crippen molar-refractivity contribution in [3.8, 4) is 6.07 Å². The van der Waals surface area contributed by atoms with E-state index in [1.807, 2.05) is 55.0 Å². The number of nitrogens with zero attached hydrogens (tertiary/aromatic N) is 5. The quantitative estimate of drug-likeness (QED) is 0.727. The van der Waals surface area contributed by atoms with Gasteiger partial charge < -0.3 is 19.9 Å². The molecule has 1 amide bonds. The summed E-state index contributed by atoms with van der Waals surface area (Å²) < 4.78 is 5.56. The minimum atomic E-state index is -0.581. The molecule has 2 aromatic rings. The second-order valence-corrected chi connectivity index (χ2v) is 7.56. The van der Waals surface area contributed by atoms with E-state index >= 15 is 0 Å². The van der Waals surface area contributed by atoms with Crippen LogP contribution in [0.25, 0.3) is 5.57 Å². The first-order chi connectivity index (χ1) is 15.0. The maximum atomic E-state index is 12.6. The van der Waals surface area contributed by atoms with Crippen molar-refractivity contribution in [3.05, 3.63) is 47.5 Å². The van der Waals surface area contributed by atoms with Gasteiger partial charge in [0.05, 0.1) is 23.7 Å². The van der Waals surface area contributed by atoms with Crippen molar-refractivity contribution in [1.82, 2.24) is 14.9 Å². The molecule has 0 spiro atoms. The predicted octanol–water partition coefficient (Wildman–Crippen LogP) is 2.20. The van der Waals surface area contributed by atoms with Crippen LogP contribution in [-0.2, 0) is 9.53 Å². The lowest BCUT2D eigenvalue weighted by Gasteiger charge is -2.28. The van der Waals surface area contributed by atoms with E-state index in [1.54, 1.807) is 6.20 Å². The molecule has 0 radical (unpaired) electrons. The zero-order valence-corrected chi connectivity index (χ0v) is 17.8. The fourth-order valence-corrected chi connectivity index (χ4v) is 3.76. The first kappa shape index (κ1) is 20.8. The minimum Gasteiger partial charge on any atom is -0.366 e. The number of fused-ring (bicyclic) bond motifs is 1. The van der Waals surface area contributed by atoms with Crippen LogP contribution in [0.4, 0.5) is 17.3 Å². The SMILES string of the molecule is CCN1C(=C(C#N)c2nc(NC(=O)C3CN(C)CCO3)ncc2C)Nc2ccccc21. The van der Waals surface area contributed by atoms with Gasteiger partial charge in [-0.3, -0.25) is 10.1 Å². The van der Waals surface area contributed by atoms with Crippen LogP contribution >= 0.6 is 0 Å². The number of aromatic nitrogens is 2. The van der Waals surface area contributed by atoms with E-state index in [0.29, 0.717) is 36.8 Å². The molecule has 0 saturated carbocycles. The van der Waals surface area contributed by atoms with Gasteiger partial charge in [-0.25, -0.2) is 9.97 Å². The smallest absolute Gasteiger partial charge is 0.257 e. The molecule has 2 aliphatic rings. The fraction of sp³-hybridized carbons (Fsp3) is 0.364. The summed E-state index contributed by atoms with van der Waals surface area (Å²) in [4.78, 5) is 25.4. The number of hydrogen-bond acceptors (Lipinski definition) is 8. The number of para-hydroxylation sites is 2. The number of amides is 1. The Balaban J connectivity index is 1.65. The average molecular weight is 419 g/mol. The third-order valence-electron chi connectivity index (χ3n) is 5.39. The summed E-state index contributed by atoms with van der Waals surface area (Å²) >= 11 is 0. The van der Waals surface area contributed by atoms with Crippen LogP contribution in [0.2, 0.25) is 0 Å². The number of anilines is 3. The number of carbonyl (C=O) groups excluding carboxylic acids is 1. The Morgan fingerprint density at radius 3 is 2.97 bits per heavy atom. The molecule has 31 heavy (non-hydrogen) atoms. The zero-order chi connectivity index (χ0) is 22.0. The van der Waals surface area contributed by atoms with E-state index in [2.05, 4.69) is 26.7 Å². The summed E-state index contributed by atoms with van der Waals surface area (Å²) in [7, 11) is 1.95. The highest BCUT2D eigenvalue weighted by Gasteiger charge is 2.28. The summed E-state index contributed by atoms with van der Waals surface area (Å²) in [6, 6.07) is 10.2. The van der Waals surface area contributed by atoms with Crippen molar-refractivity contribution in [2.75, 3.05) is 48.8 Å². The number of allylic oxidation sites excluding steroid dienone is 1. The van der Waals surface area contributed by atoms with Crippen molar-refractivity contribution in [3.63, 3.8) is 0 Å². The van der Waals surface area contributed by atoms with Crippen molar-refractivity contribution in [2.24, 2.45) is 0 Å². The van der Waals surface area contributed by atoms with Crippen LogP contribution in [-0.4, -0.2) is 60.2 Å². The molecule has 0 aliphatic carbocycles. The van der Waals surface area contributed by atoms with Gasteiger partial charge in [0.1, 0.15) is 23.6 Å². The van der Waals surface area contributed by atoms with Gasteiger partial charge in [-0.05, 0) is 38.6 Å². The van der Waals surface area contributed by atoms with E-state index in [0.717, 1.165) is 23.5 Å². The number of hydrogen-bond donors (Lipinski definition) is 2. The van der Waals surface area contributed by atoms with Crippen LogP contribution in [0.5, 0.6) is 0 Å². The largest absolute Gasteiger partial charge is 0.366 e. The summed E-state index contributed by atoms with van der Waals surface area (Å²) in [5.41, 5.74) is 3.55. The van der Waals surface area contributed by atoms with Crippen LogP contribution in [0.3, 0.4) is 0 Å². The van der Waals surface area contributed by atoms with Crippen molar-refractivity contribution < 1.29 is 9.53 Å². The van der Waals surface area contributed by atoms with Gasteiger partial charge in [0.2, 0.25) is 5.95 Å². The van der Waals surface area contributed by atoms with Crippen molar-refractivity contribution >= 4 is 28.8 Å². The number of ether oxygens (including phenoxy) is 1. The van der Waals surface area contributed by atoms with Crippen LogP contribution in [0, 0.1) is 18.3 Å². The highest BCUT2D eigenvalue weighted by molar-refractivity contribution is 5.94. The molecule has 0 bridgehead atoms. The highest BCUT2D eigenvalue weighted by Crippen LogP contribution is 2.38. The number of benzene rings is 1. The van der Waals surface area contributed by atoms with Crippen molar-refractivity contribution in [1.29, 1.82) is 5.26 Å². The van der Waals surface area contributed by atoms with Crippen molar-refractivity contribution in [2.45, 2.75) is 20.0 Å². The molecule has 1 fully saturated rings. The Kier molecular flexibility index (Phi) is 5.84. The van der Waals surface area contributed by atoms with E-state index in [-0.39, 0.29) is 11.9 Å². The summed E-state index contributed by atoms with van der Waals surface area (Å²) in [5.74, 6) is 0.519. The Labute approximate surface area is 181 Å². The second-order valence-electron chi connectivity index (χ2n) is 7.56. The molecule has 9 heteroatoms. The third-order valence-corrected chi connectivity index (χ3v) is 5.39. The zero-order valence-electron chi connectivity index (χ0n) is 17.8. The number of likely N-dealkylation sites (N-methyl/N-ethyl adjacent to an activating group) is 1. The van der Waals surface area contributed by atoms with Gasteiger partial charge >= 0.3 is 0 Å². The molecule has 1 unspecified atom stereocenters. The minimum absolute atomic E-state index is 0.148. The molecule has 1 aromatic carbocycles. The first-order valence-electron chi connectivity index (χ1n) is 10.2. The van der Waals surface area contributed by atoms with E-state index in [1.165, 1.54) is 0 Å². The molecular formula is C22H25N7O2. The number of nitriles is 1. The van der Waals surface area contributed by atoms with Gasteiger partial charge in [-0.1, -0.05) is 12.1 Å². The molecule has 2 aliphatic heterocycles. The standard InChI is InChI=1S/C22H25N7O2/c1-4-29-17-8-6-5-7-16(17)25-20(29)15(11-23)19-14(2)12-24-22(26-19)27-21(30)18-13-28(3)9-10-31-18/h5-8,12,18,25H,4,9-10,13H2,1-3H3,(H,24,26,27,30). The molecular weight excluding hydrogens is 394 g/mol. The normalized spacial score (nSPS) is 19.9. The molecule has 1 saturated heterocycles. The Bertz CT molecular complexity index is 1080. The summed E-state index contributed by atoms with van der Waals surface area (Å²) in [6.07, 6.45) is 1.03. The lowest BCUT2D eigenvalue weighted by atomic mass is 10.1. The Morgan fingerprint density at radius 2 is 2.23 bits per heavy atom. The lowest BCUT2D eigenvalue weighted by Crippen LogP contribution is -2.46. The number of aryl methyl sites for hydroxylation is 1. The lowest BCUT2D eigenvalue weighted by molar-refractivity contribution is -0.132.